The van der Waals surface area contributed by atoms with Crippen LogP contribution in [0.4, 0.5) is 0 Å². The smallest absolute Gasteiger partial charge is 0.254 e. The summed E-state index contributed by atoms with van der Waals surface area (Å²) in [4.78, 5) is 18.9. The van der Waals surface area contributed by atoms with Gasteiger partial charge in [0.05, 0.1) is 16.8 Å². The summed E-state index contributed by atoms with van der Waals surface area (Å²) < 4.78 is 27.9. The summed E-state index contributed by atoms with van der Waals surface area (Å²) in [5.74, 6) is 0.771. The maximum absolute atomic E-state index is 12.7. The molecule has 2 aliphatic rings. The standard InChI is InChI=1S/C16H20N4O3S/c1-11-18-14-10-12(2-5-15(14)20(11)13-3-4-13)16(21)19-7-6-17-24(22,23)9-8-19/h2,5,10,13,17H,3-4,6-9H2,1H3. The Kier molecular flexibility index (Phi) is 3.61. The van der Waals surface area contributed by atoms with Crippen LogP contribution in [0.25, 0.3) is 11.0 Å². The molecule has 128 valence electrons. The number of amides is 1. The Balaban J connectivity index is 1.63. The SMILES string of the molecule is Cc1nc2cc(C(=O)N3CCNS(=O)(=O)CC3)ccc2n1C1CC1. The van der Waals surface area contributed by atoms with Gasteiger partial charge in [-0.2, -0.15) is 0 Å². The van der Waals surface area contributed by atoms with Crippen molar-refractivity contribution in [1.29, 1.82) is 0 Å². The summed E-state index contributed by atoms with van der Waals surface area (Å²) in [6, 6.07) is 6.13. The van der Waals surface area contributed by atoms with Gasteiger partial charge in [-0.15, -0.1) is 0 Å². The Bertz CT molecular complexity index is 915. The topological polar surface area (TPSA) is 84.3 Å². The van der Waals surface area contributed by atoms with Crippen molar-refractivity contribution in [3.63, 3.8) is 0 Å². The fourth-order valence-electron chi connectivity index (χ4n) is 3.28. The van der Waals surface area contributed by atoms with Gasteiger partial charge < -0.3 is 9.47 Å². The van der Waals surface area contributed by atoms with Crippen molar-refractivity contribution < 1.29 is 13.2 Å². The minimum atomic E-state index is -3.27. The molecule has 1 aliphatic carbocycles. The quantitative estimate of drug-likeness (QED) is 0.879. The number of imidazole rings is 1. The summed E-state index contributed by atoms with van der Waals surface area (Å²) in [5.41, 5.74) is 2.44. The highest BCUT2D eigenvalue weighted by molar-refractivity contribution is 7.89. The largest absolute Gasteiger partial charge is 0.336 e. The second-order valence-electron chi connectivity index (χ2n) is 6.47. The Morgan fingerprint density at radius 3 is 2.83 bits per heavy atom. The van der Waals surface area contributed by atoms with Crippen LogP contribution in [0.3, 0.4) is 0 Å². The van der Waals surface area contributed by atoms with Crippen LogP contribution in [0.5, 0.6) is 0 Å². The molecule has 2 heterocycles. The summed E-state index contributed by atoms with van der Waals surface area (Å²) >= 11 is 0. The fraction of sp³-hybridized carbons (Fsp3) is 0.500. The number of carbonyl (C=O) groups excluding carboxylic acids is 1. The molecule has 0 unspecified atom stereocenters. The number of aryl methyl sites for hydroxylation is 1. The van der Waals surface area contributed by atoms with Crippen molar-refractivity contribution in [2.75, 3.05) is 25.4 Å². The number of nitrogens with zero attached hydrogens (tertiary/aromatic N) is 3. The molecule has 0 radical (unpaired) electrons. The van der Waals surface area contributed by atoms with E-state index < -0.39 is 10.0 Å². The first kappa shape index (κ1) is 15.6. The van der Waals surface area contributed by atoms with E-state index in [1.807, 2.05) is 25.1 Å². The molecule has 1 saturated carbocycles. The van der Waals surface area contributed by atoms with E-state index in [2.05, 4.69) is 14.3 Å². The zero-order valence-electron chi connectivity index (χ0n) is 13.5. The van der Waals surface area contributed by atoms with Crippen LogP contribution in [0, 0.1) is 6.92 Å². The molecule has 1 aromatic heterocycles. The van der Waals surface area contributed by atoms with Gasteiger partial charge in [0.25, 0.3) is 5.91 Å². The zero-order valence-corrected chi connectivity index (χ0v) is 14.3. The van der Waals surface area contributed by atoms with Gasteiger partial charge in [0.2, 0.25) is 10.0 Å². The summed E-state index contributed by atoms with van der Waals surface area (Å²) in [7, 11) is -3.27. The van der Waals surface area contributed by atoms with Gasteiger partial charge >= 0.3 is 0 Å². The van der Waals surface area contributed by atoms with Gasteiger partial charge in [-0.1, -0.05) is 0 Å². The average Bonchev–Trinajstić information content (AvgIpc) is 3.33. The van der Waals surface area contributed by atoms with Crippen LogP contribution in [0.1, 0.15) is 35.1 Å². The number of benzene rings is 1. The van der Waals surface area contributed by atoms with E-state index in [0.29, 0.717) is 18.2 Å². The lowest BCUT2D eigenvalue weighted by molar-refractivity contribution is 0.0772. The Labute approximate surface area is 140 Å². The molecule has 1 saturated heterocycles. The number of rotatable bonds is 2. The third-order valence-electron chi connectivity index (χ3n) is 4.65. The van der Waals surface area contributed by atoms with Gasteiger partial charge in [-0.25, -0.2) is 18.1 Å². The van der Waals surface area contributed by atoms with Crippen LogP contribution >= 0.6 is 0 Å². The van der Waals surface area contributed by atoms with Crippen molar-refractivity contribution in [3.05, 3.63) is 29.6 Å². The van der Waals surface area contributed by atoms with Gasteiger partial charge in [-0.3, -0.25) is 4.79 Å². The molecule has 1 amide bonds. The minimum absolute atomic E-state index is 0.0591. The third kappa shape index (κ3) is 2.80. The molecule has 0 bridgehead atoms. The monoisotopic (exact) mass is 348 g/mol. The van der Waals surface area contributed by atoms with Crippen molar-refractivity contribution in [2.24, 2.45) is 0 Å². The van der Waals surface area contributed by atoms with Gasteiger partial charge in [0, 0.05) is 31.2 Å². The predicted octanol–water partition coefficient (Wildman–Crippen LogP) is 1.05. The van der Waals surface area contributed by atoms with Crippen LogP contribution in [-0.2, 0) is 10.0 Å². The van der Waals surface area contributed by atoms with Crippen molar-refractivity contribution in [1.82, 2.24) is 19.2 Å². The molecule has 2 fully saturated rings. The van der Waals surface area contributed by atoms with Crippen molar-refractivity contribution in [2.45, 2.75) is 25.8 Å². The van der Waals surface area contributed by atoms with E-state index in [1.165, 1.54) is 12.8 Å². The lowest BCUT2D eigenvalue weighted by atomic mass is 10.1. The number of fused-ring (bicyclic) bond motifs is 1. The van der Waals surface area contributed by atoms with Crippen molar-refractivity contribution >= 4 is 27.0 Å². The van der Waals surface area contributed by atoms with Gasteiger partial charge in [0.1, 0.15) is 5.82 Å². The Hall–Kier alpha value is -1.93. The fourth-order valence-corrected chi connectivity index (χ4v) is 4.29. The molecule has 24 heavy (non-hydrogen) atoms. The minimum Gasteiger partial charge on any atom is -0.336 e. The van der Waals surface area contributed by atoms with Crippen LogP contribution in [0.2, 0.25) is 0 Å². The highest BCUT2D eigenvalue weighted by Gasteiger charge is 2.28. The molecule has 1 aliphatic heterocycles. The van der Waals surface area contributed by atoms with E-state index in [-0.39, 0.29) is 24.7 Å². The molecule has 7 nitrogen and oxygen atoms in total. The van der Waals surface area contributed by atoms with E-state index in [0.717, 1.165) is 16.9 Å². The molecule has 8 heteroatoms. The molecule has 4 rings (SSSR count). The highest BCUT2D eigenvalue weighted by atomic mass is 32.2. The van der Waals surface area contributed by atoms with Crippen LogP contribution < -0.4 is 4.72 Å². The first-order valence-corrected chi connectivity index (χ1v) is 9.85. The number of nitrogens with one attached hydrogen (secondary N) is 1. The third-order valence-corrected chi connectivity index (χ3v) is 6.01. The van der Waals surface area contributed by atoms with Crippen LogP contribution in [-0.4, -0.2) is 54.2 Å². The summed E-state index contributed by atoms with van der Waals surface area (Å²) in [5, 5.41) is 0. The number of carbonyl (C=O) groups is 1. The Morgan fingerprint density at radius 2 is 2.08 bits per heavy atom. The average molecular weight is 348 g/mol. The zero-order chi connectivity index (χ0) is 16.9. The second kappa shape index (κ2) is 5.56. The van der Waals surface area contributed by atoms with E-state index in [1.54, 1.807) is 4.90 Å². The van der Waals surface area contributed by atoms with Gasteiger partial charge in [0.15, 0.2) is 0 Å². The van der Waals surface area contributed by atoms with E-state index in [9.17, 15) is 13.2 Å². The molecule has 2 aromatic rings. The number of hydrogen-bond donors (Lipinski definition) is 1. The molecule has 1 aromatic carbocycles. The van der Waals surface area contributed by atoms with E-state index in [4.69, 9.17) is 0 Å². The molecule has 0 atom stereocenters. The molecular weight excluding hydrogens is 328 g/mol. The molecular formula is C16H20N4O3S. The Morgan fingerprint density at radius 1 is 1.29 bits per heavy atom. The maximum atomic E-state index is 12.7. The first-order valence-electron chi connectivity index (χ1n) is 8.20. The number of hydrogen-bond acceptors (Lipinski definition) is 4. The molecule has 0 spiro atoms. The second-order valence-corrected chi connectivity index (χ2v) is 8.40. The van der Waals surface area contributed by atoms with Crippen molar-refractivity contribution in [3.8, 4) is 0 Å². The van der Waals surface area contributed by atoms with Crippen LogP contribution in [0.15, 0.2) is 18.2 Å². The first-order chi connectivity index (χ1) is 11.4. The molecule has 1 N–H and O–H groups in total. The lowest BCUT2D eigenvalue weighted by Crippen LogP contribution is -2.34. The van der Waals surface area contributed by atoms with Gasteiger partial charge in [-0.05, 0) is 38.0 Å². The number of aromatic nitrogens is 2. The summed E-state index contributed by atoms with van der Waals surface area (Å²) in [6.45, 7) is 2.84. The number of sulfonamides is 1. The lowest BCUT2D eigenvalue weighted by Gasteiger charge is -2.19. The maximum Gasteiger partial charge on any atom is 0.254 e. The predicted molar refractivity (Wildman–Crippen MR) is 90.4 cm³/mol. The summed E-state index contributed by atoms with van der Waals surface area (Å²) in [6.07, 6.45) is 2.37. The normalized spacial score (nSPS) is 21.0. The van der Waals surface area contributed by atoms with E-state index >= 15 is 0 Å². The highest BCUT2D eigenvalue weighted by Crippen LogP contribution is 2.38.